The van der Waals surface area contributed by atoms with E-state index in [1.54, 1.807) is 0 Å². The van der Waals surface area contributed by atoms with E-state index >= 15 is 0 Å². The summed E-state index contributed by atoms with van der Waals surface area (Å²) < 4.78 is 0. The smallest absolute Gasteiger partial charge is 0.326 e. The second-order valence-corrected chi connectivity index (χ2v) is 9.15. The van der Waals surface area contributed by atoms with E-state index in [4.69, 9.17) is 10.8 Å². The molecule has 0 aliphatic carbocycles. The first-order valence-corrected chi connectivity index (χ1v) is 12.9. The quantitative estimate of drug-likeness (QED) is 0.121. The van der Waals surface area contributed by atoms with Crippen molar-refractivity contribution in [2.75, 3.05) is 25.1 Å². The monoisotopic (exact) mass is 503 g/mol. The second kappa shape index (κ2) is 16.3. The lowest BCUT2D eigenvalue weighted by Gasteiger charge is -2.25. The molecule has 1 saturated heterocycles. The Bertz CT molecular complexity index is 703. The summed E-state index contributed by atoms with van der Waals surface area (Å²) in [5.74, 6) is -3.53. The number of rotatable bonds is 17. The van der Waals surface area contributed by atoms with Crippen molar-refractivity contribution in [3.63, 3.8) is 0 Å². The molecule has 4 atom stereocenters. The molecule has 0 saturated carbocycles. The highest BCUT2D eigenvalue weighted by Crippen LogP contribution is 2.09. The first-order chi connectivity index (χ1) is 16.2. The normalized spacial score (nSPS) is 17.9. The van der Waals surface area contributed by atoms with E-state index in [0.717, 1.165) is 6.42 Å². The third-order valence-corrected chi connectivity index (χ3v) is 6.11. The predicted molar refractivity (Wildman–Crippen MR) is 127 cm³/mol. The highest BCUT2D eigenvalue weighted by atomic mass is 32.2. The molecular weight excluding hydrogens is 466 g/mol. The van der Waals surface area contributed by atoms with Gasteiger partial charge in [-0.05, 0) is 70.0 Å². The minimum absolute atomic E-state index is 0.146. The molecular formula is C21H37N5O7S. The Morgan fingerprint density at radius 3 is 2.15 bits per heavy atom. The van der Waals surface area contributed by atoms with Gasteiger partial charge in [-0.1, -0.05) is 0 Å². The number of carbonyl (C=O) groups is 5. The molecule has 0 aromatic rings. The number of nitrogens with two attached hydrogens (primary N) is 1. The van der Waals surface area contributed by atoms with Crippen LogP contribution in [0.15, 0.2) is 0 Å². The Morgan fingerprint density at radius 1 is 0.971 bits per heavy atom. The van der Waals surface area contributed by atoms with Crippen LogP contribution in [0.25, 0.3) is 0 Å². The van der Waals surface area contributed by atoms with Gasteiger partial charge in [0.25, 0.3) is 0 Å². The van der Waals surface area contributed by atoms with Crippen molar-refractivity contribution >= 4 is 41.4 Å². The molecule has 0 bridgehead atoms. The van der Waals surface area contributed by atoms with Crippen molar-refractivity contribution in [2.45, 2.75) is 75.5 Å². The van der Waals surface area contributed by atoms with E-state index in [9.17, 15) is 29.1 Å². The Hall–Kier alpha value is -2.38. The van der Waals surface area contributed by atoms with Crippen molar-refractivity contribution in [3.05, 3.63) is 0 Å². The van der Waals surface area contributed by atoms with E-state index in [2.05, 4.69) is 21.3 Å². The summed E-state index contributed by atoms with van der Waals surface area (Å²) in [6.45, 7) is 1.09. The van der Waals surface area contributed by atoms with Gasteiger partial charge in [0.1, 0.15) is 18.1 Å². The van der Waals surface area contributed by atoms with Gasteiger partial charge in [0.2, 0.25) is 17.7 Å². The summed E-state index contributed by atoms with van der Waals surface area (Å²) in [5.41, 5.74) is 5.44. The van der Waals surface area contributed by atoms with Gasteiger partial charge in [-0.2, -0.15) is 11.8 Å². The lowest BCUT2D eigenvalue weighted by atomic mass is 10.1. The summed E-state index contributed by atoms with van der Waals surface area (Å²) in [6, 6.07) is -3.76. The first-order valence-electron chi connectivity index (χ1n) is 11.5. The van der Waals surface area contributed by atoms with Gasteiger partial charge in [0.05, 0.1) is 6.04 Å². The van der Waals surface area contributed by atoms with E-state index < -0.39 is 53.8 Å². The molecule has 194 valence electrons. The number of unbranched alkanes of at least 4 members (excludes halogenated alkanes) is 1. The molecule has 1 aliphatic rings. The molecule has 8 N–H and O–H groups in total. The van der Waals surface area contributed by atoms with Gasteiger partial charge in [-0.3, -0.25) is 19.2 Å². The molecule has 34 heavy (non-hydrogen) atoms. The Kier molecular flexibility index (Phi) is 14.2. The van der Waals surface area contributed by atoms with Crippen LogP contribution in [0.2, 0.25) is 0 Å². The minimum Gasteiger partial charge on any atom is -0.481 e. The highest BCUT2D eigenvalue weighted by molar-refractivity contribution is 7.98. The van der Waals surface area contributed by atoms with Gasteiger partial charge in [0.15, 0.2) is 0 Å². The molecule has 3 amide bonds. The lowest BCUT2D eigenvalue weighted by molar-refractivity contribution is -0.142. The lowest BCUT2D eigenvalue weighted by Crippen LogP contribution is -2.57. The summed E-state index contributed by atoms with van der Waals surface area (Å²) in [5, 5.41) is 29.1. The van der Waals surface area contributed by atoms with Gasteiger partial charge < -0.3 is 37.2 Å². The van der Waals surface area contributed by atoms with Crippen LogP contribution < -0.4 is 27.0 Å². The molecule has 1 fully saturated rings. The van der Waals surface area contributed by atoms with Crippen LogP contribution in [-0.4, -0.2) is 89.1 Å². The third kappa shape index (κ3) is 11.2. The fraction of sp³-hybridized carbons (Fsp3) is 0.762. The van der Waals surface area contributed by atoms with Crippen LogP contribution in [0, 0.1) is 0 Å². The van der Waals surface area contributed by atoms with Crippen LogP contribution in [0.5, 0.6) is 0 Å². The zero-order valence-electron chi connectivity index (χ0n) is 19.5. The summed E-state index contributed by atoms with van der Waals surface area (Å²) in [4.78, 5) is 60.9. The average Bonchev–Trinajstić information content (AvgIpc) is 3.33. The van der Waals surface area contributed by atoms with E-state index in [1.807, 2.05) is 6.26 Å². The fourth-order valence-electron chi connectivity index (χ4n) is 3.52. The van der Waals surface area contributed by atoms with Crippen LogP contribution in [0.1, 0.15) is 51.4 Å². The SMILES string of the molecule is CSCCC(NC(=O)C(CCC(=O)O)NC(=O)C1CCCN1)C(=O)NC(CCCCN)C(=O)O. The number of amides is 3. The summed E-state index contributed by atoms with van der Waals surface area (Å²) in [6.07, 6.45) is 4.34. The Balaban J connectivity index is 2.88. The summed E-state index contributed by atoms with van der Waals surface area (Å²) in [7, 11) is 0. The number of nitrogens with one attached hydrogen (secondary N) is 4. The molecule has 0 aromatic carbocycles. The van der Waals surface area contributed by atoms with E-state index in [1.165, 1.54) is 11.8 Å². The standard InChI is InChI=1S/C21H37N5O7S/c1-34-12-9-15(20(31)26-16(21(32)33)5-2-3-10-22)25-19(30)14(7-8-17(27)28)24-18(29)13-6-4-11-23-13/h13-16,23H,2-12,22H2,1H3,(H,24,29)(H,25,30)(H,26,31)(H,27,28)(H,32,33). The summed E-state index contributed by atoms with van der Waals surface area (Å²) >= 11 is 1.45. The first kappa shape index (κ1) is 29.7. The number of hydrogen-bond acceptors (Lipinski definition) is 8. The van der Waals surface area contributed by atoms with Gasteiger partial charge in [-0.15, -0.1) is 0 Å². The number of carbonyl (C=O) groups excluding carboxylic acids is 3. The van der Waals surface area contributed by atoms with Crippen LogP contribution in [0.3, 0.4) is 0 Å². The van der Waals surface area contributed by atoms with Crippen LogP contribution >= 0.6 is 11.8 Å². The van der Waals surface area contributed by atoms with Crippen LogP contribution in [-0.2, 0) is 24.0 Å². The molecule has 0 aromatic heterocycles. The Labute approximate surface area is 203 Å². The van der Waals surface area contributed by atoms with Crippen molar-refractivity contribution in [3.8, 4) is 0 Å². The maximum atomic E-state index is 13.0. The number of aliphatic carboxylic acids is 2. The van der Waals surface area contributed by atoms with Crippen molar-refractivity contribution < 1.29 is 34.2 Å². The zero-order valence-corrected chi connectivity index (χ0v) is 20.3. The maximum Gasteiger partial charge on any atom is 0.326 e. The molecule has 1 aliphatic heterocycles. The third-order valence-electron chi connectivity index (χ3n) is 5.46. The minimum atomic E-state index is -1.18. The highest BCUT2D eigenvalue weighted by Gasteiger charge is 2.31. The van der Waals surface area contributed by atoms with Gasteiger partial charge >= 0.3 is 11.9 Å². The predicted octanol–water partition coefficient (Wildman–Crippen LogP) is -0.976. The number of thioether (sulfide) groups is 1. The van der Waals surface area contributed by atoms with E-state index in [-0.39, 0.29) is 25.7 Å². The average molecular weight is 504 g/mol. The van der Waals surface area contributed by atoms with Crippen molar-refractivity contribution in [1.29, 1.82) is 0 Å². The molecule has 13 heteroatoms. The van der Waals surface area contributed by atoms with Gasteiger partial charge in [0, 0.05) is 6.42 Å². The largest absolute Gasteiger partial charge is 0.481 e. The molecule has 1 heterocycles. The Morgan fingerprint density at radius 2 is 1.62 bits per heavy atom. The van der Waals surface area contributed by atoms with E-state index in [0.29, 0.717) is 38.1 Å². The van der Waals surface area contributed by atoms with Crippen LogP contribution in [0.4, 0.5) is 0 Å². The molecule has 12 nitrogen and oxygen atoms in total. The van der Waals surface area contributed by atoms with Crippen molar-refractivity contribution in [1.82, 2.24) is 21.3 Å². The zero-order chi connectivity index (χ0) is 25.5. The molecule has 0 radical (unpaired) electrons. The topological polar surface area (TPSA) is 200 Å². The van der Waals surface area contributed by atoms with Crippen molar-refractivity contribution in [2.24, 2.45) is 5.73 Å². The number of carboxylic acids is 2. The number of hydrogen-bond donors (Lipinski definition) is 7. The van der Waals surface area contributed by atoms with Gasteiger partial charge in [-0.25, -0.2) is 4.79 Å². The number of carboxylic acid groups (broad SMARTS) is 2. The molecule has 4 unspecified atom stereocenters. The maximum absolute atomic E-state index is 13.0. The second-order valence-electron chi connectivity index (χ2n) is 8.17. The molecule has 1 rings (SSSR count). The fourth-order valence-corrected chi connectivity index (χ4v) is 3.99. The molecule has 0 spiro atoms.